The summed E-state index contributed by atoms with van der Waals surface area (Å²) in [5.74, 6) is 0.802. The van der Waals surface area contributed by atoms with Gasteiger partial charge in [0.05, 0.1) is 5.76 Å². The molecule has 134 valence electrons. The number of benzene rings is 1. The summed E-state index contributed by atoms with van der Waals surface area (Å²) in [6.45, 7) is 4.01. The molecule has 2 aliphatic carbocycles. The largest absolute Gasteiger partial charge is 0.512 e. The molecule has 0 amide bonds. The number of hydrogen-bond donors (Lipinski definition) is 3. The van der Waals surface area contributed by atoms with Crippen LogP contribution in [0.1, 0.15) is 38.2 Å². The average Bonchev–Trinajstić information content (AvgIpc) is 2.84. The van der Waals surface area contributed by atoms with Crippen LogP contribution in [0, 0.1) is 0 Å². The van der Waals surface area contributed by atoms with Crippen molar-refractivity contribution in [2.75, 3.05) is 0 Å². The summed E-state index contributed by atoms with van der Waals surface area (Å²) in [4.78, 5) is 0. The molecule has 0 spiro atoms. The summed E-state index contributed by atoms with van der Waals surface area (Å²) in [6.07, 6.45) is 12.6. The lowest BCUT2D eigenvalue weighted by Crippen LogP contribution is -2.06. The van der Waals surface area contributed by atoms with E-state index in [4.69, 9.17) is 0 Å². The van der Waals surface area contributed by atoms with E-state index in [2.05, 4.69) is 6.08 Å². The number of aliphatic hydroxyl groups is 2. The number of phenols is 1. The van der Waals surface area contributed by atoms with Gasteiger partial charge in [0.25, 0.3) is 0 Å². The second kappa shape index (κ2) is 7.52. The minimum atomic E-state index is -0.0294. The molecular formula is C23H24O3. The van der Waals surface area contributed by atoms with Crippen LogP contribution in [0.4, 0.5) is 0 Å². The maximum absolute atomic E-state index is 9.97. The summed E-state index contributed by atoms with van der Waals surface area (Å²) in [6, 6.07) is 7.23. The van der Waals surface area contributed by atoms with Gasteiger partial charge in [0, 0.05) is 12.3 Å². The predicted octanol–water partition coefficient (Wildman–Crippen LogP) is 5.91. The zero-order valence-corrected chi connectivity index (χ0v) is 15.1. The highest BCUT2D eigenvalue weighted by Gasteiger charge is 2.22. The average molecular weight is 348 g/mol. The highest BCUT2D eigenvalue weighted by atomic mass is 16.3. The van der Waals surface area contributed by atoms with Gasteiger partial charge in [0.2, 0.25) is 0 Å². The molecule has 26 heavy (non-hydrogen) atoms. The summed E-state index contributed by atoms with van der Waals surface area (Å²) in [5, 5.41) is 29.6. The number of hydrogen-bond acceptors (Lipinski definition) is 3. The normalized spacial score (nSPS) is 19.0. The molecule has 0 heterocycles. The predicted molar refractivity (Wildman–Crippen MR) is 105 cm³/mol. The molecule has 3 rings (SSSR count). The topological polar surface area (TPSA) is 60.7 Å². The molecule has 0 radical (unpaired) electrons. The molecule has 3 nitrogen and oxygen atoms in total. The van der Waals surface area contributed by atoms with Gasteiger partial charge in [-0.1, -0.05) is 47.1 Å². The van der Waals surface area contributed by atoms with E-state index in [0.717, 1.165) is 34.3 Å². The molecule has 1 aromatic rings. The van der Waals surface area contributed by atoms with E-state index in [1.807, 2.05) is 38.1 Å². The Kier molecular flexibility index (Phi) is 5.17. The van der Waals surface area contributed by atoms with Crippen LogP contribution in [0.15, 0.2) is 94.5 Å². The second-order valence-corrected chi connectivity index (χ2v) is 7.02. The van der Waals surface area contributed by atoms with Gasteiger partial charge in [-0.2, -0.15) is 0 Å². The summed E-state index contributed by atoms with van der Waals surface area (Å²) in [7, 11) is 0. The zero-order valence-electron chi connectivity index (χ0n) is 15.1. The fourth-order valence-corrected chi connectivity index (χ4v) is 3.51. The molecule has 3 N–H and O–H groups in total. The molecule has 1 unspecified atom stereocenters. The lowest BCUT2D eigenvalue weighted by Gasteiger charge is -2.23. The molecule has 0 saturated carbocycles. The van der Waals surface area contributed by atoms with Crippen LogP contribution in [0.2, 0.25) is 0 Å². The first-order valence-electron chi connectivity index (χ1n) is 8.75. The van der Waals surface area contributed by atoms with Crippen molar-refractivity contribution in [3.63, 3.8) is 0 Å². The molecule has 0 aromatic heterocycles. The third-order valence-corrected chi connectivity index (χ3v) is 4.62. The van der Waals surface area contributed by atoms with E-state index < -0.39 is 0 Å². The Bertz CT molecular complexity index is 875. The van der Waals surface area contributed by atoms with Crippen LogP contribution >= 0.6 is 0 Å². The summed E-state index contributed by atoms with van der Waals surface area (Å²) in [5.41, 5.74) is 5.46. The van der Waals surface area contributed by atoms with Crippen molar-refractivity contribution in [3.8, 4) is 5.75 Å². The van der Waals surface area contributed by atoms with Crippen molar-refractivity contribution in [3.05, 3.63) is 100 Å². The number of allylic oxidation sites excluding steroid dienone is 10. The minimum Gasteiger partial charge on any atom is -0.512 e. The van der Waals surface area contributed by atoms with Gasteiger partial charge in [-0.3, -0.25) is 0 Å². The first-order chi connectivity index (χ1) is 12.4. The number of rotatable bonds is 3. The number of aliphatic hydroxyl groups excluding tert-OH is 2. The van der Waals surface area contributed by atoms with Crippen LogP contribution < -0.4 is 0 Å². The van der Waals surface area contributed by atoms with Gasteiger partial charge in [-0.15, -0.1) is 0 Å². The SMILES string of the molecule is CC1=CC(C(C2=CC=C(O)C=C(C)C2)c2ccc(O)cc2)=CC=C(O)C1. The van der Waals surface area contributed by atoms with Crippen LogP contribution in [-0.2, 0) is 0 Å². The Morgan fingerprint density at radius 3 is 2.19 bits per heavy atom. The van der Waals surface area contributed by atoms with Crippen LogP contribution in [0.25, 0.3) is 0 Å². The van der Waals surface area contributed by atoms with Crippen molar-refractivity contribution >= 4 is 0 Å². The Balaban J connectivity index is 2.13. The van der Waals surface area contributed by atoms with Gasteiger partial charge in [0.1, 0.15) is 11.5 Å². The van der Waals surface area contributed by atoms with Gasteiger partial charge in [-0.25, -0.2) is 0 Å². The van der Waals surface area contributed by atoms with Crippen molar-refractivity contribution in [1.82, 2.24) is 0 Å². The fraction of sp³-hybridized carbons (Fsp3) is 0.217. The molecule has 3 heteroatoms. The van der Waals surface area contributed by atoms with Crippen molar-refractivity contribution < 1.29 is 15.3 Å². The molecule has 0 fully saturated rings. The molecular weight excluding hydrogens is 324 g/mol. The third-order valence-electron chi connectivity index (χ3n) is 4.62. The van der Waals surface area contributed by atoms with E-state index >= 15 is 0 Å². The van der Waals surface area contributed by atoms with Crippen molar-refractivity contribution in [2.24, 2.45) is 0 Å². The van der Waals surface area contributed by atoms with Crippen molar-refractivity contribution in [2.45, 2.75) is 32.6 Å². The lowest BCUT2D eigenvalue weighted by atomic mass is 9.81. The molecule has 0 aliphatic heterocycles. The summed E-state index contributed by atoms with van der Waals surface area (Å²) < 4.78 is 0. The second-order valence-electron chi connectivity index (χ2n) is 7.02. The molecule has 0 bridgehead atoms. The van der Waals surface area contributed by atoms with Gasteiger partial charge < -0.3 is 15.3 Å². The van der Waals surface area contributed by atoms with Crippen LogP contribution in [-0.4, -0.2) is 15.3 Å². The van der Waals surface area contributed by atoms with Gasteiger partial charge in [-0.05, 0) is 61.8 Å². The molecule has 0 saturated heterocycles. The highest BCUT2D eigenvalue weighted by molar-refractivity contribution is 5.50. The third kappa shape index (κ3) is 4.17. The standard InChI is InChI=1S/C23H24O3/c1-15-11-18(5-9-21(25)13-15)23(17-3-7-20(24)8-4-17)19-6-10-22(26)14-16(2)12-19/h3-11,14,23-26H,12-13H2,1-2H3. The number of phenolic OH excluding ortho intramolecular Hbond substituents is 1. The highest BCUT2D eigenvalue weighted by Crippen LogP contribution is 2.39. The first-order valence-corrected chi connectivity index (χ1v) is 8.75. The molecule has 2 aliphatic rings. The van der Waals surface area contributed by atoms with Crippen molar-refractivity contribution in [1.29, 1.82) is 0 Å². The van der Waals surface area contributed by atoms with E-state index in [0.29, 0.717) is 12.2 Å². The van der Waals surface area contributed by atoms with Gasteiger partial charge in [0.15, 0.2) is 0 Å². The van der Waals surface area contributed by atoms with Crippen LogP contribution in [0.5, 0.6) is 5.75 Å². The smallest absolute Gasteiger partial charge is 0.115 e. The molecule has 1 aromatic carbocycles. The van der Waals surface area contributed by atoms with Crippen LogP contribution in [0.3, 0.4) is 0 Å². The minimum absolute atomic E-state index is 0.0294. The maximum Gasteiger partial charge on any atom is 0.115 e. The first kappa shape index (κ1) is 17.9. The maximum atomic E-state index is 9.97. The summed E-state index contributed by atoms with van der Waals surface area (Å²) >= 11 is 0. The van der Waals surface area contributed by atoms with E-state index in [-0.39, 0.29) is 17.4 Å². The quantitative estimate of drug-likeness (QED) is 0.636. The zero-order chi connectivity index (χ0) is 18.7. The number of aromatic hydroxyl groups is 1. The van der Waals surface area contributed by atoms with E-state index in [1.165, 1.54) is 0 Å². The monoisotopic (exact) mass is 348 g/mol. The Morgan fingerprint density at radius 1 is 0.769 bits per heavy atom. The molecule has 1 atom stereocenters. The Labute approximate surface area is 154 Å². The lowest BCUT2D eigenvalue weighted by molar-refractivity contribution is 0.399. The fourth-order valence-electron chi connectivity index (χ4n) is 3.51. The Morgan fingerprint density at radius 2 is 1.46 bits per heavy atom. The van der Waals surface area contributed by atoms with Gasteiger partial charge >= 0.3 is 0 Å². The van der Waals surface area contributed by atoms with E-state index in [1.54, 1.807) is 30.4 Å². The Hall–Kier alpha value is -2.94. The van der Waals surface area contributed by atoms with E-state index in [9.17, 15) is 15.3 Å².